The van der Waals surface area contributed by atoms with Crippen molar-refractivity contribution in [3.63, 3.8) is 0 Å². The zero-order chi connectivity index (χ0) is 17.9. The van der Waals surface area contributed by atoms with Gasteiger partial charge in [0.25, 0.3) is 0 Å². The average molecular weight is 338 g/mol. The first-order valence-corrected chi connectivity index (χ1v) is 8.50. The number of aliphatic carboxylic acids is 1. The van der Waals surface area contributed by atoms with E-state index in [0.717, 1.165) is 17.5 Å². The van der Waals surface area contributed by atoms with Crippen molar-refractivity contribution in [3.8, 4) is 0 Å². The maximum absolute atomic E-state index is 12.0. The van der Waals surface area contributed by atoms with Gasteiger partial charge in [-0.2, -0.15) is 0 Å². The SMILES string of the molecule is COC(=O)c1ccc(C2CCC(Cc3ccccc3)(C(=O)O)C2)cc1. The fourth-order valence-corrected chi connectivity index (χ4v) is 3.84. The normalized spacial score (nSPS) is 22.5. The molecule has 3 rings (SSSR count). The lowest BCUT2D eigenvalue weighted by atomic mass is 9.78. The van der Waals surface area contributed by atoms with Gasteiger partial charge in [0.1, 0.15) is 0 Å². The van der Waals surface area contributed by atoms with E-state index < -0.39 is 11.4 Å². The van der Waals surface area contributed by atoms with Crippen LogP contribution in [-0.2, 0) is 16.0 Å². The van der Waals surface area contributed by atoms with E-state index in [1.54, 1.807) is 12.1 Å². The van der Waals surface area contributed by atoms with E-state index in [1.165, 1.54) is 7.11 Å². The topological polar surface area (TPSA) is 63.6 Å². The molecule has 0 radical (unpaired) electrons. The second-order valence-corrected chi connectivity index (χ2v) is 6.80. The molecule has 1 aliphatic rings. The van der Waals surface area contributed by atoms with Gasteiger partial charge in [-0.3, -0.25) is 4.79 Å². The Morgan fingerprint density at radius 1 is 1.12 bits per heavy atom. The minimum absolute atomic E-state index is 0.200. The summed E-state index contributed by atoms with van der Waals surface area (Å²) in [4.78, 5) is 23.6. The summed E-state index contributed by atoms with van der Waals surface area (Å²) < 4.78 is 4.72. The van der Waals surface area contributed by atoms with Crippen molar-refractivity contribution in [2.45, 2.75) is 31.6 Å². The average Bonchev–Trinajstić information content (AvgIpc) is 3.07. The van der Waals surface area contributed by atoms with E-state index in [0.29, 0.717) is 24.8 Å². The van der Waals surface area contributed by atoms with Gasteiger partial charge >= 0.3 is 11.9 Å². The second kappa shape index (κ2) is 7.09. The standard InChI is InChI=1S/C21H22O4/c1-25-19(22)17-9-7-16(8-10-17)18-11-12-21(14-18,20(23)24)13-15-5-3-2-4-6-15/h2-10,18H,11-14H2,1H3,(H,23,24). The van der Waals surface area contributed by atoms with Crippen molar-refractivity contribution in [1.82, 2.24) is 0 Å². The van der Waals surface area contributed by atoms with Gasteiger partial charge < -0.3 is 9.84 Å². The summed E-state index contributed by atoms with van der Waals surface area (Å²) in [5.74, 6) is -0.876. The molecule has 4 heteroatoms. The molecule has 0 aromatic heterocycles. The van der Waals surface area contributed by atoms with Gasteiger partial charge in [-0.05, 0) is 54.9 Å². The quantitative estimate of drug-likeness (QED) is 0.835. The minimum atomic E-state index is -0.718. The van der Waals surface area contributed by atoms with Crippen LogP contribution in [0.1, 0.15) is 46.7 Å². The first-order chi connectivity index (χ1) is 12.0. The van der Waals surface area contributed by atoms with Crippen LogP contribution in [-0.4, -0.2) is 24.2 Å². The van der Waals surface area contributed by atoms with Crippen molar-refractivity contribution < 1.29 is 19.4 Å². The molecule has 1 fully saturated rings. The molecule has 0 amide bonds. The lowest BCUT2D eigenvalue weighted by molar-refractivity contribution is -0.148. The Bertz CT molecular complexity index is 751. The Morgan fingerprint density at radius 2 is 1.80 bits per heavy atom. The number of rotatable bonds is 5. The van der Waals surface area contributed by atoms with E-state index in [4.69, 9.17) is 4.74 Å². The van der Waals surface area contributed by atoms with Crippen molar-refractivity contribution in [2.75, 3.05) is 7.11 Å². The third kappa shape index (κ3) is 3.58. The zero-order valence-electron chi connectivity index (χ0n) is 14.3. The van der Waals surface area contributed by atoms with Crippen molar-refractivity contribution in [1.29, 1.82) is 0 Å². The van der Waals surface area contributed by atoms with E-state index >= 15 is 0 Å². The molecule has 0 heterocycles. The molecule has 2 unspecified atom stereocenters. The largest absolute Gasteiger partial charge is 0.481 e. The zero-order valence-corrected chi connectivity index (χ0v) is 14.3. The molecule has 0 spiro atoms. The molecule has 0 bridgehead atoms. The number of carbonyl (C=O) groups excluding carboxylic acids is 1. The Labute approximate surface area is 147 Å². The summed E-state index contributed by atoms with van der Waals surface area (Å²) >= 11 is 0. The summed E-state index contributed by atoms with van der Waals surface area (Å²) in [5.41, 5.74) is 1.95. The number of carboxylic acids is 1. The van der Waals surface area contributed by atoms with Crippen molar-refractivity contribution >= 4 is 11.9 Å². The Kier molecular flexibility index (Phi) is 4.88. The fourth-order valence-electron chi connectivity index (χ4n) is 3.84. The van der Waals surface area contributed by atoms with E-state index in [9.17, 15) is 14.7 Å². The molecular weight excluding hydrogens is 316 g/mol. The van der Waals surface area contributed by atoms with Gasteiger partial charge in [-0.1, -0.05) is 42.5 Å². The van der Waals surface area contributed by atoms with Gasteiger partial charge in [0, 0.05) is 0 Å². The highest BCUT2D eigenvalue weighted by Gasteiger charge is 2.45. The third-order valence-corrected chi connectivity index (χ3v) is 5.25. The summed E-state index contributed by atoms with van der Waals surface area (Å²) in [6, 6.07) is 17.1. The molecule has 2 aromatic rings. The molecule has 1 saturated carbocycles. The molecule has 2 aromatic carbocycles. The monoisotopic (exact) mass is 338 g/mol. The van der Waals surface area contributed by atoms with Crippen LogP contribution in [0, 0.1) is 5.41 Å². The number of benzene rings is 2. The second-order valence-electron chi connectivity index (χ2n) is 6.80. The van der Waals surface area contributed by atoms with Crippen LogP contribution in [0.5, 0.6) is 0 Å². The Hall–Kier alpha value is -2.62. The van der Waals surface area contributed by atoms with Gasteiger partial charge in [0.15, 0.2) is 0 Å². The van der Waals surface area contributed by atoms with Gasteiger partial charge in [0.05, 0.1) is 18.1 Å². The number of hydrogen-bond donors (Lipinski definition) is 1. The van der Waals surface area contributed by atoms with Gasteiger partial charge in [-0.15, -0.1) is 0 Å². The number of ether oxygens (including phenoxy) is 1. The molecule has 25 heavy (non-hydrogen) atoms. The van der Waals surface area contributed by atoms with Crippen LogP contribution < -0.4 is 0 Å². The first-order valence-electron chi connectivity index (χ1n) is 8.50. The molecule has 1 N–H and O–H groups in total. The number of carboxylic acid groups (broad SMARTS) is 1. The summed E-state index contributed by atoms with van der Waals surface area (Å²) in [6.45, 7) is 0. The predicted octanol–water partition coefficient (Wildman–Crippen LogP) is 4.05. The lowest BCUT2D eigenvalue weighted by Crippen LogP contribution is -2.30. The maximum atomic E-state index is 12.0. The molecule has 0 aliphatic heterocycles. The summed E-state index contributed by atoms with van der Waals surface area (Å²) in [5, 5.41) is 9.88. The molecule has 0 saturated heterocycles. The third-order valence-electron chi connectivity index (χ3n) is 5.25. The molecule has 4 nitrogen and oxygen atoms in total. The number of carbonyl (C=O) groups is 2. The van der Waals surface area contributed by atoms with Crippen LogP contribution in [0.25, 0.3) is 0 Å². The highest BCUT2D eigenvalue weighted by atomic mass is 16.5. The van der Waals surface area contributed by atoms with Crippen molar-refractivity contribution in [3.05, 3.63) is 71.3 Å². The summed E-state index contributed by atoms with van der Waals surface area (Å²) in [7, 11) is 1.36. The van der Waals surface area contributed by atoms with Crippen LogP contribution in [0.4, 0.5) is 0 Å². The van der Waals surface area contributed by atoms with E-state index in [1.807, 2.05) is 42.5 Å². The van der Waals surface area contributed by atoms with Gasteiger partial charge in [0.2, 0.25) is 0 Å². The molecule has 1 aliphatic carbocycles. The minimum Gasteiger partial charge on any atom is -0.481 e. The molecular formula is C21H22O4. The lowest BCUT2D eigenvalue weighted by Gasteiger charge is -2.24. The van der Waals surface area contributed by atoms with E-state index in [-0.39, 0.29) is 11.9 Å². The number of methoxy groups -OCH3 is 1. The van der Waals surface area contributed by atoms with Gasteiger partial charge in [-0.25, -0.2) is 4.79 Å². The Balaban J connectivity index is 1.78. The van der Waals surface area contributed by atoms with Crippen LogP contribution in [0.2, 0.25) is 0 Å². The highest BCUT2D eigenvalue weighted by molar-refractivity contribution is 5.89. The predicted molar refractivity (Wildman–Crippen MR) is 94.6 cm³/mol. The molecule has 130 valence electrons. The van der Waals surface area contributed by atoms with Crippen LogP contribution in [0.15, 0.2) is 54.6 Å². The highest BCUT2D eigenvalue weighted by Crippen LogP contribution is 2.48. The summed E-state index contributed by atoms with van der Waals surface area (Å²) in [6.07, 6.45) is 2.69. The van der Waals surface area contributed by atoms with Crippen molar-refractivity contribution in [2.24, 2.45) is 5.41 Å². The fraction of sp³-hybridized carbons (Fsp3) is 0.333. The maximum Gasteiger partial charge on any atom is 0.337 e. The molecule has 2 atom stereocenters. The van der Waals surface area contributed by atoms with E-state index in [2.05, 4.69) is 0 Å². The number of hydrogen-bond acceptors (Lipinski definition) is 3. The number of esters is 1. The van der Waals surface area contributed by atoms with Crippen LogP contribution in [0.3, 0.4) is 0 Å². The smallest absolute Gasteiger partial charge is 0.337 e. The first kappa shape index (κ1) is 17.2. The van der Waals surface area contributed by atoms with Crippen LogP contribution >= 0.6 is 0 Å². The Morgan fingerprint density at radius 3 is 2.40 bits per heavy atom.